The largest absolute Gasteiger partial charge is 0.493 e. The second-order valence-corrected chi connectivity index (χ2v) is 10.9. The first kappa shape index (κ1) is 31.6. The highest BCUT2D eigenvalue weighted by molar-refractivity contribution is 5.71. The van der Waals surface area contributed by atoms with E-state index >= 15 is 0 Å². The van der Waals surface area contributed by atoms with E-state index in [-0.39, 0.29) is 24.4 Å². The molecule has 2 aromatic rings. The van der Waals surface area contributed by atoms with E-state index < -0.39 is 5.60 Å². The molecule has 0 aromatic heterocycles. The number of ether oxygens (including phenoxy) is 6. The first-order valence-electron chi connectivity index (χ1n) is 14.1. The molecule has 0 saturated heterocycles. The second kappa shape index (κ2) is 14.6. The van der Waals surface area contributed by atoms with Gasteiger partial charge in [-0.1, -0.05) is 19.9 Å². The number of carbonyl (C=O) groups excluding carboxylic acids is 1. The molecule has 0 fully saturated rings. The van der Waals surface area contributed by atoms with Crippen LogP contribution in [0.25, 0.3) is 0 Å². The molecule has 0 saturated carbocycles. The maximum Gasteiger partial charge on any atom is 0.332 e. The van der Waals surface area contributed by atoms with E-state index in [0.717, 1.165) is 62.4 Å². The number of esters is 1. The van der Waals surface area contributed by atoms with Crippen molar-refractivity contribution in [3.8, 4) is 23.0 Å². The van der Waals surface area contributed by atoms with Gasteiger partial charge in [0.15, 0.2) is 23.0 Å². The van der Waals surface area contributed by atoms with Gasteiger partial charge in [0, 0.05) is 26.0 Å². The molecule has 0 aliphatic heterocycles. The maximum atomic E-state index is 12.9. The predicted molar refractivity (Wildman–Crippen MR) is 156 cm³/mol. The lowest BCUT2D eigenvalue weighted by Crippen LogP contribution is -2.49. The molecule has 1 aliphatic carbocycles. The summed E-state index contributed by atoms with van der Waals surface area (Å²) < 4.78 is 33.5. The van der Waals surface area contributed by atoms with Gasteiger partial charge in [0.05, 0.1) is 28.4 Å². The van der Waals surface area contributed by atoms with Crippen LogP contribution in [0.2, 0.25) is 0 Å². The van der Waals surface area contributed by atoms with Gasteiger partial charge in [-0.15, -0.1) is 0 Å². The number of nitrogens with zero attached hydrogens (tertiary/aromatic N) is 1. The number of aryl methyl sites for hydroxylation is 2. The lowest BCUT2D eigenvalue weighted by atomic mass is 9.65. The van der Waals surface area contributed by atoms with Crippen molar-refractivity contribution >= 4 is 5.97 Å². The first-order chi connectivity index (χ1) is 19.2. The molecule has 8 nitrogen and oxygen atoms in total. The van der Waals surface area contributed by atoms with Gasteiger partial charge < -0.3 is 33.3 Å². The standard InChI is InChI=1S/C32H47NO7/c1-22(2)31-25-20-29(39-8)28(38-7)19-24(25)13-14-32(31,40-30(34)21-35-4)15-17-33(3)16-9-10-23-11-12-26(36-5)27(18-23)37-6/h11-12,18-20,22,31H,9-10,13-17,21H2,1-8H3/t31-,32-/m1/s1. The summed E-state index contributed by atoms with van der Waals surface area (Å²) in [7, 11) is 10.3. The zero-order valence-corrected chi connectivity index (χ0v) is 25.5. The summed E-state index contributed by atoms with van der Waals surface area (Å²) in [6, 6.07) is 10.2. The third kappa shape index (κ3) is 7.40. The quantitative estimate of drug-likeness (QED) is 0.274. The minimum absolute atomic E-state index is 0.0111. The fourth-order valence-electron chi connectivity index (χ4n) is 6.10. The summed E-state index contributed by atoms with van der Waals surface area (Å²) in [6.45, 7) is 6.05. The Labute approximate surface area is 239 Å². The predicted octanol–water partition coefficient (Wildman–Crippen LogP) is 5.29. The minimum atomic E-state index is -0.645. The third-order valence-corrected chi connectivity index (χ3v) is 7.98. The normalized spacial score (nSPS) is 18.4. The fraction of sp³-hybridized carbons (Fsp3) is 0.594. The van der Waals surface area contributed by atoms with Crippen molar-refractivity contribution < 1.29 is 33.2 Å². The summed E-state index contributed by atoms with van der Waals surface area (Å²) in [5, 5.41) is 0. The number of benzene rings is 2. The summed E-state index contributed by atoms with van der Waals surface area (Å²) in [6.07, 6.45) is 4.19. The summed E-state index contributed by atoms with van der Waals surface area (Å²) in [5.74, 6) is 2.83. The molecule has 0 N–H and O–H groups in total. The van der Waals surface area contributed by atoms with Crippen molar-refractivity contribution in [1.82, 2.24) is 4.90 Å². The van der Waals surface area contributed by atoms with Gasteiger partial charge in [0.1, 0.15) is 12.2 Å². The van der Waals surface area contributed by atoms with E-state index in [1.807, 2.05) is 12.1 Å². The molecule has 0 amide bonds. The highest BCUT2D eigenvalue weighted by Gasteiger charge is 2.48. The number of rotatable bonds is 15. The van der Waals surface area contributed by atoms with E-state index in [2.05, 4.69) is 44.0 Å². The molecule has 3 rings (SSSR count). The van der Waals surface area contributed by atoms with Crippen molar-refractivity contribution in [2.75, 3.05) is 62.3 Å². The van der Waals surface area contributed by atoms with Gasteiger partial charge in [-0.25, -0.2) is 4.79 Å². The van der Waals surface area contributed by atoms with E-state index in [9.17, 15) is 4.79 Å². The Balaban J connectivity index is 1.77. The number of hydrogen-bond donors (Lipinski definition) is 0. The van der Waals surface area contributed by atoms with Crippen LogP contribution in [0.4, 0.5) is 0 Å². The third-order valence-electron chi connectivity index (χ3n) is 7.98. The van der Waals surface area contributed by atoms with Gasteiger partial charge in [0.25, 0.3) is 0 Å². The Morgan fingerprint density at radius 2 is 1.57 bits per heavy atom. The van der Waals surface area contributed by atoms with Gasteiger partial charge in [-0.05, 0) is 86.1 Å². The Kier molecular flexibility index (Phi) is 11.5. The lowest BCUT2D eigenvalue weighted by molar-refractivity contribution is -0.172. The summed E-state index contributed by atoms with van der Waals surface area (Å²) in [4.78, 5) is 15.2. The zero-order valence-electron chi connectivity index (χ0n) is 25.5. The Morgan fingerprint density at radius 1 is 0.925 bits per heavy atom. The van der Waals surface area contributed by atoms with Crippen molar-refractivity contribution in [3.63, 3.8) is 0 Å². The van der Waals surface area contributed by atoms with Crippen LogP contribution >= 0.6 is 0 Å². The highest BCUT2D eigenvalue weighted by atomic mass is 16.6. The number of hydrogen-bond acceptors (Lipinski definition) is 8. The maximum absolute atomic E-state index is 12.9. The molecule has 8 heteroatoms. The van der Waals surface area contributed by atoms with Gasteiger partial charge >= 0.3 is 5.97 Å². The molecular weight excluding hydrogens is 510 g/mol. The number of methoxy groups -OCH3 is 5. The Hall–Kier alpha value is -2.97. The molecule has 2 atom stereocenters. The van der Waals surface area contributed by atoms with E-state index in [1.54, 1.807) is 28.4 Å². The molecule has 2 aromatic carbocycles. The molecule has 0 bridgehead atoms. The zero-order chi connectivity index (χ0) is 29.3. The van der Waals surface area contributed by atoms with Crippen molar-refractivity contribution in [2.24, 2.45) is 5.92 Å². The molecule has 0 unspecified atom stereocenters. The first-order valence-corrected chi connectivity index (χ1v) is 14.1. The highest BCUT2D eigenvalue weighted by Crippen LogP contribution is 2.50. The van der Waals surface area contributed by atoms with Gasteiger partial charge in [-0.2, -0.15) is 0 Å². The van der Waals surface area contributed by atoms with Crippen molar-refractivity contribution in [2.45, 2.75) is 57.5 Å². The average molecular weight is 558 g/mol. The Bertz CT molecular complexity index is 1120. The van der Waals surface area contributed by atoms with Crippen molar-refractivity contribution in [1.29, 1.82) is 0 Å². The molecule has 40 heavy (non-hydrogen) atoms. The van der Waals surface area contributed by atoms with Crippen LogP contribution in [0.3, 0.4) is 0 Å². The van der Waals surface area contributed by atoms with Crippen LogP contribution in [-0.2, 0) is 27.1 Å². The Morgan fingerprint density at radius 3 is 2.20 bits per heavy atom. The minimum Gasteiger partial charge on any atom is -0.493 e. The summed E-state index contributed by atoms with van der Waals surface area (Å²) in [5.41, 5.74) is 2.95. The molecule has 1 aliphatic rings. The molecule has 222 valence electrons. The SMILES string of the molecule is COCC(=O)O[C@@]1(CCN(C)CCCc2ccc(OC)c(OC)c2)CCc2cc(OC)c(OC)cc2[C@H]1C(C)C. The topological polar surface area (TPSA) is 75.7 Å². The molecule has 0 radical (unpaired) electrons. The second-order valence-electron chi connectivity index (χ2n) is 10.9. The van der Waals surface area contributed by atoms with Crippen LogP contribution in [0.15, 0.2) is 30.3 Å². The average Bonchev–Trinajstić information content (AvgIpc) is 2.95. The van der Waals surface area contributed by atoms with E-state index in [4.69, 9.17) is 28.4 Å². The lowest BCUT2D eigenvalue weighted by Gasteiger charge is -2.47. The number of fused-ring (bicyclic) bond motifs is 1. The van der Waals surface area contributed by atoms with Crippen LogP contribution in [0, 0.1) is 5.92 Å². The fourth-order valence-corrected chi connectivity index (χ4v) is 6.10. The van der Waals surface area contributed by atoms with Crippen LogP contribution in [0.5, 0.6) is 23.0 Å². The molecule has 0 spiro atoms. The van der Waals surface area contributed by atoms with Crippen molar-refractivity contribution in [3.05, 3.63) is 47.0 Å². The van der Waals surface area contributed by atoms with E-state index in [0.29, 0.717) is 5.75 Å². The smallest absolute Gasteiger partial charge is 0.332 e. The van der Waals surface area contributed by atoms with Crippen LogP contribution in [0.1, 0.15) is 55.7 Å². The summed E-state index contributed by atoms with van der Waals surface area (Å²) >= 11 is 0. The van der Waals surface area contributed by atoms with Crippen LogP contribution in [-0.4, -0.2) is 78.8 Å². The molecular formula is C32H47NO7. The molecule has 0 heterocycles. The van der Waals surface area contributed by atoms with E-state index in [1.165, 1.54) is 23.8 Å². The van der Waals surface area contributed by atoms with Gasteiger partial charge in [-0.3, -0.25) is 0 Å². The monoisotopic (exact) mass is 557 g/mol. The number of carbonyl (C=O) groups is 1. The van der Waals surface area contributed by atoms with Gasteiger partial charge in [0.2, 0.25) is 0 Å². The van der Waals surface area contributed by atoms with Crippen LogP contribution < -0.4 is 18.9 Å².